The normalized spacial score (nSPS) is 25.4. The Morgan fingerprint density at radius 3 is 2.32 bits per heavy atom. The molecule has 2 aromatic rings. The third kappa shape index (κ3) is 5.34. The van der Waals surface area contributed by atoms with Gasteiger partial charge in [0.1, 0.15) is 23.4 Å². The summed E-state index contributed by atoms with van der Waals surface area (Å²) >= 11 is 0. The lowest BCUT2D eigenvalue weighted by Gasteiger charge is -2.29. The number of methoxy groups -OCH3 is 2. The van der Waals surface area contributed by atoms with E-state index in [1.54, 1.807) is 19.1 Å². The van der Waals surface area contributed by atoms with Gasteiger partial charge in [-0.1, -0.05) is 0 Å². The lowest BCUT2D eigenvalue weighted by atomic mass is 9.86. The molecule has 2 aliphatic rings. The Labute approximate surface area is 217 Å². The van der Waals surface area contributed by atoms with Crippen LogP contribution in [0, 0.1) is 17.6 Å². The van der Waals surface area contributed by atoms with Crippen LogP contribution in [-0.2, 0) is 4.79 Å². The zero-order chi connectivity index (χ0) is 27.6. The van der Waals surface area contributed by atoms with E-state index in [0.717, 1.165) is 12.1 Å². The Kier molecular flexibility index (Phi) is 8.27. The summed E-state index contributed by atoms with van der Waals surface area (Å²) in [6, 6.07) is 1.94. The molecule has 4 rings (SSSR count). The first-order valence-corrected chi connectivity index (χ1v) is 12.4. The summed E-state index contributed by atoms with van der Waals surface area (Å²) in [6.07, 6.45) is 0.289. The zero-order valence-electron chi connectivity index (χ0n) is 21.2. The van der Waals surface area contributed by atoms with E-state index in [1.807, 2.05) is 0 Å². The maximum atomic E-state index is 15.2. The minimum atomic E-state index is -2.41. The van der Waals surface area contributed by atoms with Crippen LogP contribution < -0.4 is 25.0 Å². The number of hydrogen-bond donors (Lipinski definition) is 2. The molecule has 8 nitrogen and oxygen atoms in total. The number of hydrogen-bond acceptors (Lipinski definition) is 5. The molecule has 0 spiro atoms. The number of urea groups is 1. The number of ether oxygens (including phenoxy) is 2. The van der Waals surface area contributed by atoms with Gasteiger partial charge in [0.15, 0.2) is 11.6 Å². The summed E-state index contributed by atoms with van der Waals surface area (Å²) in [7, 11) is 2.67. The number of anilines is 1. The molecule has 3 atom stereocenters. The minimum Gasteiger partial charge on any atom is -0.497 e. The van der Waals surface area contributed by atoms with E-state index in [2.05, 4.69) is 15.6 Å². The first-order valence-electron chi connectivity index (χ1n) is 12.4. The van der Waals surface area contributed by atoms with Gasteiger partial charge in [-0.15, -0.1) is 0 Å². The zero-order valence-corrected chi connectivity index (χ0v) is 21.2. The van der Waals surface area contributed by atoms with Crippen LogP contribution in [0.2, 0.25) is 0 Å². The van der Waals surface area contributed by atoms with Gasteiger partial charge >= 0.3 is 6.03 Å². The van der Waals surface area contributed by atoms with Gasteiger partial charge in [-0.05, 0) is 44.7 Å². The Morgan fingerprint density at radius 2 is 1.74 bits per heavy atom. The summed E-state index contributed by atoms with van der Waals surface area (Å²) in [4.78, 5) is 32.2. The fraction of sp³-hybridized carbons (Fsp3) is 0.500. The molecule has 12 heteroatoms. The molecule has 1 saturated heterocycles. The SMILES string of the molecule is COc1cc(F)c([C@H]2C(NC(=O)N[C@H]3CC[C@H](C(F)F)CC3)C(=O)N(c3ncccc3OC)[C@H]2C)c(F)c1. The Bertz CT molecular complexity index is 1150. The van der Waals surface area contributed by atoms with E-state index in [-0.39, 0.29) is 41.8 Å². The van der Waals surface area contributed by atoms with Crippen LogP contribution in [-0.4, -0.2) is 55.7 Å². The number of aromatic nitrogens is 1. The second kappa shape index (κ2) is 11.4. The molecule has 206 valence electrons. The Morgan fingerprint density at radius 1 is 1.08 bits per heavy atom. The molecule has 1 saturated carbocycles. The number of carbonyl (C=O) groups excluding carboxylic acids is 2. The van der Waals surface area contributed by atoms with Crippen molar-refractivity contribution in [1.29, 1.82) is 0 Å². The van der Waals surface area contributed by atoms with Crippen molar-refractivity contribution in [2.45, 2.75) is 63.1 Å². The highest BCUT2D eigenvalue weighted by Gasteiger charge is 2.51. The van der Waals surface area contributed by atoms with Crippen molar-refractivity contribution in [2.24, 2.45) is 5.92 Å². The fourth-order valence-electron chi connectivity index (χ4n) is 5.40. The summed E-state index contributed by atoms with van der Waals surface area (Å²) in [5, 5.41) is 5.31. The molecule has 1 aromatic heterocycles. The van der Waals surface area contributed by atoms with Crippen molar-refractivity contribution in [3.05, 3.63) is 47.7 Å². The van der Waals surface area contributed by atoms with Gasteiger partial charge in [0.25, 0.3) is 5.91 Å². The molecule has 0 radical (unpaired) electrons. The van der Waals surface area contributed by atoms with Crippen LogP contribution in [0.3, 0.4) is 0 Å². The van der Waals surface area contributed by atoms with Crippen molar-refractivity contribution >= 4 is 17.8 Å². The molecule has 1 aromatic carbocycles. The van der Waals surface area contributed by atoms with E-state index in [1.165, 1.54) is 25.3 Å². The summed E-state index contributed by atoms with van der Waals surface area (Å²) < 4.78 is 66.7. The van der Waals surface area contributed by atoms with Crippen LogP contribution in [0.25, 0.3) is 0 Å². The van der Waals surface area contributed by atoms with Crippen molar-refractivity contribution in [3.8, 4) is 11.5 Å². The van der Waals surface area contributed by atoms with Crippen molar-refractivity contribution in [3.63, 3.8) is 0 Å². The van der Waals surface area contributed by atoms with Gasteiger partial charge in [0.05, 0.1) is 14.2 Å². The number of halogens is 4. The highest BCUT2D eigenvalue weighted by Crippen LogP contribution is 2.42. The maximum Gasteiger partial charge on any atom is 0.315 e. The van der Waals surface area contributed by atoms with Crippen molar-refractivity contribution < 1.29 is 36.6 Å². The molecule has 2 fully saturated rings. The van der Waals surface area contributed by atoms with Gasteiger partial charge in [-0.2, -0.15) is 0 Å². The lowest BCUT2D eigenvalue weighted by molar-refractivity contribution is -0.118. The molecule has 2 heterocycles. The molecule has 1 unspecified atom stereocenters. The molecule has 1 aliphatic carbocycles. The number of nitrogens with one attached hydrogen (secondary N) is 2. The van der Waals surface area contributed by atoms with Crippen LogP contribution >= 0.6 is 0 Å². The predicted molar refractivity (Wildman–Crippen MR) is 131 cm³/mol. The number of alkyl halides is 2. The van der Waals surface area contributed by atoms with Crippen LogP contribution in [0.5, 0.6) is 11.5 Å². The number of nitrogens with zero attached hydrogens (tertiary/aromatic N) is 2. The monoisotopic (exact) mass is 538 g/mol. The second-order valence-corrected chi connectivity index (χ2v) is 9.55. The summed E-state index contributed by atoms with van der Waals surface area (Å²) in [6.45, 7) is 1.60. The maximum absolute atomic E-state index is 15.2. The van der Waals surface area contributed by atoms with Gasteiger partial charge in [0, 0.05) is 47.8 Å². The average molecular weight is 539 g/mol. The highest BCUT2D eigenvalue weighted by molar-refractivity contribution is 6.03. The summed E-state index contributed by atoms with van der Waals surface area (Å²) in [5.74, 6) is -3.97. The minimum absolute atomic E-state index is 0.0365. The third-order valence-corrected chi connectivity index (χ3v) is 7.36. The quantitative estimate of drug-likeness (QED) is 0.511. The van der Waals surface area contributed by atoms with Crippen molar-refractivity contribution in [2.75, 3.05) is 19.1 Å². The molecular weight excluding hydrogens is 508 g/mol. The highest BCUT2D eigenvalue weighted by atomic mass is 19.3. The van der Waals surface area contributed by atoms with E-state index in [9.17, 15) is 18.4 Å². The topological polar surface area (TPSA) is 92.8 Å². The molecule has 3 amide bonds. The molecule has 2 N–H and O–H groups in total. The first kappa shape index (κ1) is 27.5. The smallest absolute Gasteiger partial charge is 0.315 e. The fourth-order valence-corrected chi connectivity index (χ4v) is 5.40. The number of carbonyl (C=O) groups is 2. The Hall–Kier alpha value is -3.57. The first-order chi connectivity index (χ1) is 18.2. The van der Waals surface area contributed by atoms with E-state index in [4.69, 9.17) is 9.47 Å². The number of rotatable bonds is 7. The standard InChI is InChI=1S/C26H30F4N4O4/c1-13-20(21-17(27)11-16(37-2)12-18(21)28)22(25(35)34(13)24-19(38-3)5-4-10-31-24)33-26(36)32-15-8-6-14(7-9-15)23(29)30/h4-5,10-15,20,22-23H,6-9H2,1-3H3,(H2,32,33,36)/t13-,14-,15-,20-,22?/m0/s1. The summed E-state index contributed by atoms with van der Waals surface area (Å²) in [5.41, 5.74) is -0.383. The largest absolute Gasteiger partial charge is 0.497 e. The number of benzene rings is 1. The van der Waals surface area contributed by atoms with Crippen molar-refractivity contribution in [1.82, 2.24) is 15.6 Å². The lowest BCUT2D eigenvalue weighted by Crippen LogP contribution is -2.51. The molecule has 1 aliphatic heterocycles. The third-order valence-electron chi connectivity index (χ3n) is 7.36. The van der Waals surface area contributed by atoms with E-state index < -0.39 is 53.9 Å². The average Bonchev–Trinajstić information content (AvgIpc) is 3.12. The molecular formula is C26H30F4N4O4. The predicted octanol–water partition coefficient (Wildman–Crippen LogP) is 4.39. The Balaban J connectivity index is 1.64. The van der Waals surface area contributed by atoms with Crippen LogP contribution in [0.4, 0.5) is 28.2 Å². The van der Waals surface area contributed by atoms with Gasteiger partial charge < -0.3 is 20.1 Å². The van der Waals surface area contributed by atoms with Gasteiger partial charge in [-0.25, -0.2) is 27.3 Å². The number of pyridine rings is 1. The van der Waals surface area contributed by atoms with Gasteiger partial charge in [-0.3, -0.25) is 9.69 Å². The van der Waals surface area contributed by atoms with Crippen LogP contribution in [0.1, 0.15) is 44.1 Å². The molecule has 38 heavy (non-hydrogen) atoms. The van der Waals surface area contributed by atoms with E-state index in [0.29, 0.717) is 12.8 Å². The van der Waals surface area contributed by atoms with E-state index >= 15 is 8.78 Å². The second-order valence-electron chi connectivity index (χ2n) is 9.55. The van der Waals surface area contributed by atoms with Gasteiger partial charge in [0.2, 0.25) is 6.43 Å². The number of amides is 3. The molecule has 0 bridgehead atoms. The van der Waals surface area contributed by atoms with Crippen LogP contribution in [0.15, 0.2) is 30.5 Å².